The minimum absolute atomic E-state index is 0.179. The number of aromatic amines is 2. The van der Waals surface area contributed by atoms with Crippen LogP contribution in [-0.2, 0) is 6.42 Å². The number of hydrogen-bond donors (Lipinski definition) is 3. The van der Waals surface area contributed by atoms with Gasteiger partial charge in [-0.05, 0) is 61.7 Å². The van der Waals surface area contributed by atoms with Gasteiger partial charge in [-0.3, -0.25) is 14.7 Å². The fraction of sp³-hybridized carbons (Fsp3) is 0.280. The van der Waals surface area contributed by atoms with Crippen LogP contribution in [0.25, 0.3) is 16.6 Å². The van der Waals surface area contributed by atoms with Gasteiger partial charge in [-0.1, -0.05) is 31.2 Å². The van der Waals surface area contributed by atoms with Gasteiger partial charge in [0, 0.05) is 23.1 Å². The van der Waals surface area contributed by atoms with Crippen molar-refractivity contribution in [2.45, 2.75) is 33.2 Å². The third-order valence-electron chi connectivity index (χ3n) is 6.40. The van der Waals surface area contributed by atoms with Crippen LogP contribution in [0.15, 0.2) is 52.1 Å². The lowest BCUT2D eigenvalue weighted by Gasteiger charge is -2.35. The topological polar surface area (TPSA) is 94.1 Å². The van der Waals surface area contributed by atoms with E-state index in [0.717, 1.165) is 46.3 Å². The Kier molecular flexibility index (Phi) is 4.78. The summed E-state index contributed by atoms with van der Waals surface area (Å²) in [6, 6.07) is 13.2. The number of fused-ring (bicyclic) bond motifs is 3. The number of hydrogen-bond acceptors (Lipinski definition) is 4. The number of nitrogens with zero attached hydrogens (tertiary/aromatic N) is 2. The van der Waals surface area contributed by atoms with Crippen LogP contribution in [0, 0.1) is 13.8 Å². The highest BCUT2D eigenvalue weighted by molar-refractivity contribution is 5.85. The van der Waals surface area contributed by atoms with Crippen molar-refractivity contribution in [1.29, 1.82) is 0 Å². The zero-order valence-corrected chi connectivity index (χ0v) is 18.4. The van der Waals surface area contributed by atoms with Gasteiger partial charge in [0.2, 0.25) is 5.88 Å². The normalized spacial score (nSPS) is 16.4. The molecule has 2 aromatic heterocycles. The Bertz CT molecular complexity index is 1440. The van der Waals surface area contributed by atoms with Gasteiger partial charge >= 0.3 is 5.69 Å². The van der Waals surface area contributed by atoms with Crippen molar-refractivity contribution >= 4 is 10.9 Å². The van der Waals surface area contributed by atoms with E-state index in [1.54, 1.807) is 0 Å². The van der Waals surface area contributed by atoms with Gasteiger partial charge in [-0.25, -0.2) is 9.36 Å². The molecule has 1 aliphatic rings. The molecule has 0 spiro atoms. The minimum Gasteiger partial charge on any atom is -0.494 e. The first-order valence-corrected chi connectivity index (χ1v) is 10.9. The number of likely N-dealkylation sites (N-methyl/N-ethyl adjacent to an activating group) is 1. The van der Waals surface area contributed by atoms with Gasteiger partial charge in [-0.2, -0.15) is 0 Å². The number of para-hydroxylation sites is 1. The van der Waals surface area contributed by atoms with Crippen LogP contribution in [0.2, 0.25) is 0 Å². The molecule has 0 saturated heterocycles. The number of aromatic nitrogens is 3. The molecule has 2 aromatic carbocycles. The summed E-state index contributed by atoms with van der Waals surface area (Å²) in [6.07, 6.45) is 0.846. The molecule has 164 valence electrons. The van der Waals surface area contributed by atoms with Crippen molar-refractivity contribution in [3.05, 3.63) is 91.3 Å². The summed E-state index contributed by atoms with van der Waals surface area (Å²) in [5, 5.41) is 12.5. The molecule has 3 N–H and O–H groups in total. The zero-order valence-electron chi connectivity index (χ0n) is 18.4. The van der Waals surface area contributed by atoms with Gasteiger partial charge in [0.05, 0.1) is 11.7 Å². The van der Waals surface area contributed by atoms with Gasteiger partial charge in [0.25, 0.3) is 5.56 Å². The molecular formula is C25H26N4O3. The molecule has 7 heteroatoms. The highest BCUT2D eigenvalue weighted by Crippen LogP contribution is 2.39. The fourth-order valence-corrected chi connectivity index (χ4v) is 5.06. The lowest BCUT2D eigenvalue weighted by molar-refractivity contribution is 0.215. The van der Waals surface area contributed by atoms with Crippen LogP contribution in [0.4, 0.5) is 0 Å². The maximum Gasteiger partial charge on any atom is 0.335 e. The van der Waals surface area contributed by atoms with Crippen molar-refractivity contribution in [2.24, 2.45) is 0 Å². The quantitative estimate of drug-likeness (QED) is 0.465. The Hall–Kier alpha value is -3.58. The smallest absolute Gasteiger partial charge is 0.335 e. The zero-order chi connectivity index (χ0) is 22.6. The van der Waals surface area contributed by atoms with E-state index in [2.05, 4.69) is 20.9 Å². The number of nitrogens with one attached hydrogen (secondary N) is 2. The monoisotopic (exact) mass is 430 g/mol. The molecule has 0 amide bonds. The van der Waals surface area contributed by atoms with E-state index in [1.807, 2.05) is 57.2 Å². The first-order valence-electron chi connectivity index (χ1n) is 10.9. The summed E-state index contributed by atoms with van der Waals surface area (Å²) in [6.45, 7) is 7.34. The highest BCUT2D eigenvalue weighted by Gasteiger charge is 2.35. The van der Waals surface area contributed by atoms with Gasteiger partial charge < -0.3 is 10.1 Å². The Morgan fingerprint density at radius 1 is 1.06 bits per heavy atom. The number of rotatable bonds is 3. The van der Waals surface area contributed by atoms with Crippen LogP contribution in [0.5, 0.6) is 5.88 Å². The maximum atomic E-state index is 13.1. The van der Waals surface area contributed by atoms with Crippen LogP contribution >= 0.6 is 0 Å². The Morgan fingerprint density at radius 2 is 1.78 bits per heavy atom. The minimum atomic E-state index is -0.656. The molecule has 0 aliphatic carbocycles. The van der Waals surface area contributed by atoms with Crippen LogP contribution in [0.3, 0.4) is 0 Å². The Morgan fingerprint density at radius 3 is 2.50 bits per heavy atom. The van der Waals surface area contributed by atoms with E-state index in [9.17, 15) is 14.7 Å². The second-order valence-corrected chi connectivity index (χ2v) is 8.52. The summed E-state index contributed by atoms with van der Waals surface area (Å²) < 4.78 is 1.20. The van der Waals surface area contributed by atoms with Crippen molar-refractivity contribution in [3.63, 3.8) is 0 Å². The molecule has 0 fully saturated rings. The highest BCUT2D eigenvalue weighted by atomic mass is 16.3. The molecular weight excluding hydrogens is 404 g/mol. The largest absolute Gasteiger partial charge is 0.494 e. The van der Waals surface area contributed by atoms with E-state index in [1.165, 1.54) is 4.57 Å². The fourth-order valence-electron chi connectivity index (χ4n) is 5.06. The summed E-state index contributed by atoms with van der Waals surface area (Å²) >= 11 is 0. The third kappa shape index (κ3) is 3.08. The number of aryl methyl sites for hydroxylation is 2. The van der Waals surface area contributed by atoms with Crippen LogP contribution in [0.1, 0.15) is 40.9 Å². The van der Waals surface area contributed by atoms with Crippen LogP contribution in [-0.4, -0.2) is 37.6 Å². The van der Waals surface area contributed by atoms with Crippen molar-refractivity contribution in [1.82, 2.24) is 19.4 Å². The number of aromatic hydroxyl groups is 1. The maximum absolute atomic E-state index is 13.1. The SMILES string of the molecule is CCN1CCc2c([nH]c3ccccc23)[C@H]1c1c(O)n(-c2cc(C)cc(C)c2)c(=O)[nH]c1=O. The molecule has 3 heterocycles. The molecule has 32 heavy (non-hydrogen) atoms. The molecule has 0 saturated carbocycles. The Balaban J connectivity index is 1.80. The lowest BCUT2D eigenvalue weighted by atomic mass is 9.93. The molecule has 0 unspecified atom stereocenters. The second kappa shape index (κ2) is 7.53. The van der Waals surface area contributed by atoms with E-state index in [0.29, 0.717) is 12.2 Å². The first-order chi connectivity index (χ1) is 15.4. The molecule has 4 aromatic rings. The summed E-state index contributed by atoms with van der Waals surface area (Å²) in [7, 11) is 0. The first kappa shape index (κ1) is 20.3. The number of benzene rings is 2. The van der Waals surface area contributed by atoms with E-state index < -0.39 is 17.3 Å². The van der Waals surface area contributed by atoms with Crippen molar-refractivity contribution in [3.8, 4) is 11.6 Å². The molecule has 0 bridgehead atoms. The van der Waals surface area contributed by atoms with Crippen molar-refractivity contribution < 1.29 is 5.11 Å². The summed E-state index contributed by atoms with van der Waals surface area (Å²) in [5.74, 6) is -0.321. The molecule has 7 nitrogen and oxygen atoms in total. The van der Waals surface area contributed by atoms with Gasteiger partial charge in [0.15, 0.2) is 0 Å². The predicted octanol–water partition coefficient (Wildman–Crippen LogP) is 3.30. The average molecular weight is 431 g/mol. The predicted molar refractivity (Wildman–Crippen MR) is 125 cm³/mol. The number of H-pyrrole nitrogens is 2. The molecule has 1 aliphatic heterocycles. The van der Waals surface area contributed by atoms with E-state index in [-0.39, 0.29) is 11.4 Å². The van der Waals surface area contributed by atoms with Gasteiger partial charge in [-0.15, -0.1) is 0 Å². The lowest BCUT2D eigenvalue weighted by Crippen LogP contribution is -2.41. The third-order valence-corrected chi connectivity index (χ3v) is 6.40. The second-order valence-electron chi connectivity index (χ2n) is 8.52. The standard InChI is InChI=1S/C25H26N4O3/c1-4-28-10-9-18-17-7-5-6-8-19(17)26-21(18)22(28)20-23(30)27-25(32)29(24(20)31)16-12-14(2)11-15(3)13-16/h5-8,11-13,22,26,31H,4,9-10H2,1-3H3,(H,27,30,32)/t22-/m1/s1. The molecule has 0 radical (unpaired) electrons. The molecule has 5 rings (SSSR count). The van der Waals surface area contributed by atoms with Gasteiger partial charge in [0.1, 0.15) is 5.56 Å². The average Bonchev–Trinajstić information content (AvgIpc) is 3.12. The van der Waals surface area contributed by atoms with E-state index in [4.69, 9.17) is 0 Å². The molecule has 1 atom stereocenters. The van der Waals surface area contributed by atoms with Crippen LogP contribution < -0.4 is 11.2 Å². The van der Waals surface area contributed by atoms with Crippen molar-refractivity contribution in [2.75, 3.05) is 13.1 Å². The summed E-state index contributed by atoms with van der Waals surface area (Å²) in [5.41, 5.74) is 4.45. The van der Waals surface area contributed by atoms with E-state index >= 15 is 0 Å². The summed E-state index contributed by atoms with van der Waals surface area (Å²) in [4.78, 5) is 34.0. The Labute approximate surface area is 185 Å².